The molecule has 0 bridgehead atoms. The molecule has 42 heavy (non-hydrogen) atoms. The second-order valence-corrected chi connectivity index (χ2v) is 9.97. The molecule has 5 rings (SSSR count). The summed E-state index contributed by atoms with van der Waals surface area (Å²) in [6.45, 7) is 1.63. The number of ketones is 1. The molecule has 8 heteroatoms. The van der Waals surface area contributed by atoms with Gasteiger partial charge in [0.15, 0.2) is 5.78 Å². The molecule has 210 valence electrons. The van der Waals surface area contributed by atoms with Crippen LogP contribution in [0, 0.1) is 6.92 Å². The van der Waals surface area contributed by atoms with Gasteiger partial charge in [-0.3, -0.25) is 14.4 Å². The summed E-state index contributed by atoms with van der Waals surface area (Å²) in [6.07, 6.45) is 1.51. The van der Waals surface area contributed by atoms with E-state index in [-0.39, 0.29) is 18.7 Å². The van der Waals surface area contributed by atoms with Gasteiger partial charge >= 0.3 is 12.0 Å². The van der Waals surface area contributed by atoms with Crippen LogP contribution < -0.4 is 15.5 Å². The number of Topliss-reactive ketones (excluding diaryl/α,β-unsaturated/α-hetero) is 1. The molecule has 3 amide bonds. The van der Waals surface area contributed by atoms with Crippen LogP contribution in [0.5, 0.6) is 0 Å². The lowest BCUT2D eigenvalue weighted by Crippen LogP contribution is -2.50. The van der Waals surface area contributed by atoms with Gasteiger partial charge in [-0.15, -0.1) is 0 Å². The van der Waals surface area contributed by atoms with Crippen molar-refractivity contribution in [1.29, 1.82) is 0 Å². The normalized spacial score (nSPS) is 14.3. The summed E-state index contributed by atoms with van der Waals surface area (Å²) in [4.78, 5) is 53.3. The summed E-state index contributed by atoms with van der Waals surface area (Å²) in [5, 5.41) is 14.6. The van der Waals surface area contributed by atoms with Gasteiger partial charge in [-0.05, 0) is 53.5 Å². The Bertz CT molecular complexity index is 1700. The molecule has 1 aliphatic rings. The molecule has 1 aliphatic heterocycles. The largest absolute Gasteiger partial charge is 0.481 e. The van der Waals surface area contributed by atoms with Crippen LogP contribution in [-0.4, -0.2) is 41.4 Å². The molecule has 0 spiro atoms. The third-order valence-corrected chi connectivity index (χ3v) is 7.01. The van der Waals surface area contributed by atoms with Crippen LogP contribution >= 0.6 is 0 Å². The fraction of sp³-hybridized carbons (Fsp3) is 0.118. The van der Waals surface area contributed by atoms with Gasteiger partial charge in [0.2, 0.25) is 0 Å². The molecule has 1 heterocycles. The Hall–Kier alpha value is -5.50. The fourth-order valence-corrected chi connectivity index (χ4v) is 5.04. The molecule has 0 saturated heterocycles. The summed E-state index contributed by atoms with van der Waals surface area (Å²) >= 11 is 0. The number of hydrogen-bond donors (Lipinski definition) is 3. The number of hydrogen-bond acceptors (Lipinski definition) is 4. The van der Waals surface area contributed by atoms with E-state index in [0.29, 0.717) is 22.5 Å². The summed E-state index contributed by atoms with van der Waals surface area (Å²) in [6, 6.07) is 28.9. The standard InChI is InChI=1S/C34H29N3O5/c1-22-10-5-6-15-26(22)31(38)21-37-30-17-8-7-16-27(30)28(24-12-3-2-4-13-24)20-29(33(37)41)36-34(42)35-25-14-9-11-23(18-25)19-32(39)40/h2-18,20,29H,19,21H2,1H3,(H,39,40)(H2,35,36,42). The van der Waals surface area contributed by atoms with E-state index < -0.39 is 23.9 Å². The Morgan fingerprint density at radius 2 is 1.57 bits per heavy atom. The highest BCUT2D eigenvalue weighted by molar-refractivity contribution is 6.12. The second kappa shape index (κ2) is 12.3. The van der Waals surface area contributed by atoms with Gasteiger partial charge in [0.05, 0.1) is 18.7 Å². The molecule has 1 atom stereocenters. The molecule has 4 aromatic carbocycles. The summed E-state index contributed by atoms with van der Waals surface area (Å²) in [7, 11) is 0. The maximum Gasteiger partial charge on any atom is 0.320 e. The molecule has 0 saturated carbocycles. The molecular weight excluding hydrogens is 530 g/mol. The number of carboxylic acids is 1. The zero-order valence-corrected chi connectivity index (χ0v) is 22.9. The van der Waals surface area contributed by atoms with Crippen molar-refractivity contribution in [2.75, 3.05) is 16.8 Å². The number of benzene rings is 4. The zero-order chi connectivity index (χ0) is 29.6. The van der Waals surface area contributed by atoms with Crippen molar-refractivity contribution in [3.05, 3.63) is 137 Å². The lowest BCUT2D eigenvalue weighted by atomic mass is 9.95. The van der Waals surface area contributed by atoms with Crippen molar-refractivity contribution in [3.8, 4) is 0 Å². The summed E-state index contributed by atoms with van der Waals surface area (Å²) in [5.41, 5.74) is 5.12. The SMILES string of the molecule is Cc1ccccc1C(=O)CN1C(=O)C(NC(=O)Nc2cccc(CC(=O)O)c2)C=C(c2ccccc2)c2ccccc21. The second-order valence-electron chi connectivity index (χ2n) is 9.97. The van der Waals surface area contributed by atoms with Crippen LogP contribution in [0.25, 0.3) is 5.57 Å². The lowest BCUT2D eigenvalue weighted by molar-refractivity contribution is -0.136. The number of carbonyl (C=O) groups excluding carboxylic acids is 3. The molecule has 0 aliphatic carbocycles. The van der Waals surface area contributed by atoms with Crippen LogP contribution in [0.2, 0.25) is 0 Å². The molecule has 0 fully saturated rings. The fourth-order valence-electron chi connectivity index (χ4n) is 5.04. The van der Waals surface area contributed by atoms with Gasteiger partial charge in [0, 0.05) is 16.8 Å². The highest BCUT2D eigenvalue weighted by Gasteiger charge is 2.33. The van der Waals surface area contributed by atoms with Crippen LogP contribution in [0.15, 0.2) is 109 Å². The first kappa shape index (κ1) is 28.0. The number of aryl methyl sites for hydroxylation is 1. The van der Waals surface area contributed by atoms with Crippen LogP contribution in [0.4, 0.5) is 16.2 Å². The van der Waals surface area contributed by atoms with Crippen LogP contribution in [0.1, 0.15) is 32.6 Å². The number of aliphatic carboxylic acids is 1. The number of anilines is 2. The Morgan fingerprint density at radius 1 is 0.857 bits per heavy atom. The molecule has 3 N–H and O–H groups in total. The highest BCUT2D eigenvalue weighted by Crippen LogP contribution is 2.35. The number of carboxylic acid groups (broad SMARTS) is 1. The first-order valence-corrected chi connectivity index (χ1v) is 13.5. The Labute approximate surface area is 243 Å². The van der Waals surface area contributed by atoms with Gasteiger partial charge in [-0.25, -0.2) is 4.79 Å². The van der Waals surface area contributed by atoms with Crippen molar-refractivity contribution < 1.29 is 24.3 Å². The monoisotopic (exact) mass is 559 g/mol. The Kier molecular flexibility index (Phi) is 8.24. The minimum absolute atomic E-state index is 0.191. The molecule has 4 aromatic rings. The molecular formula is C34H29N3O5. The predicted octanol–water partition coefficient (Wildman–Crippen LogP) is 5.47. The summed E-state index contributed by atoms with van der Waals surface area (Å²) < 4.78 is 0. The zero-order valence-electron chi connectivity index (χ0n) is 22.9. The summed E-state index contributed by atoms with van der Waals surface area (Å²) in [5.74, 6) is -1.68. The van der Waals surface area contributed by atoms with Crippen molar-refractivity contribution >= 4 is 40.6 Å². The van der Waals surface area contributed by atoms with E-state index in [4.69, 9.17) is 5.11 Å². The average Bonchev–Trinajstić information content (AvgIpc) is 3.08. The molecule has 0 radical (unpaired) electrons. The first-order chi connectivity index (χ1) is 20.3. The molecule has 1 unspecified atom stereocenters. The number of para-hydroxylation sites is 1. The maximum absolute atomic E-state index is 14.1. The van der Waals surface area contributed by atoms with Crippen molar-refractivity contribution in [3.63, 3.8) is 0 Å². The number of nitrogens with one attached hydrogen (secondary N) is 2. The number of nitrogens with zero attached hydrogens (tertiary/aromatic N) is 1. The quantitative estimate of drug-likeness (QED) is 0.248. The molecule has 8 nitrogen and oxygen atoms in total. The van der Waals surface area contributed by atoms with Gasteiger partial charge < -0.3 is 20.6 Å². The number of rotatable bonds is 8. The van der Waals surface area contributed by atoms with E-state index in [1.807, 2.05) is 67.6 Å². The third-order valence-electron chi connectivity index (χ3n) is 7.01. The topological polar surface area (TPSA) is 116 Å². The number of fused-ring (bicyclic) bond motifs is 1. The van der Waals surface area contributed by atoms with Gasteiger partial charge in [-0.2, -0.15) is 0 Å². The predicted molar refractivity (Wildman–Crippen MR) is 162 cm³/mol. The van der Waals surface area contributed by atoms with E-state index in [2.05, 4.69) is 10.6 Å². The third kappa shape index (κ3) is 6.28. The maximum atomic E-state index is 14.1. The van der Waals surface area contributed by atoms with Crippen molar-refractivity contribution in [1.82, 2.24) is 5.32 Å². The highest BCUT2D eigenvalue weighted by atomic mass is 16.4. The van der Waals surface area contributed by atoms with E-state index >= 15 is 0 Å². The lowest BCUT2D eigenvalue weighted by Gasteiger charge is -2.26. The van der Waals surface area contributed by atoms with Crippen LogP contribution in [0.3, 0.4) is 0 Å². The van der Waals surface area contributed by atoms with Gasteiger partial charge in [-0.1, -0.05) is 84.9 Å². The Balaban J connectivity index is 1.50. The van der Waals surface area contributed by atoms with Gasteiger partial charge in [0.25, 0.3) is 5.91 Å². The van der Waals surface area contributed by atoms with Crippen molar-refractivity contribution in [2.45, 2.75) is 19.4 Å². The number of amides is 3. The Morgan fingerprint density at radius 3 is 2.33 bits per heavy atom. The minimum Gasteiger partial charge on any atom is -0.481 e. The minimum atomic E-state index is -1.11. The van der Waals surface area contributed by atoms with Crippen molar-refractivity contribution in [2.24, 2.45) is 0 Å². The first-order valence-electron chi connectivity index (χ1n) is 13.5. The van der Waals surface area contributed by atoms with E-state index in [1.54, 1.807) is 48.5 Å². The van der Waals surface area contributed by atoms with E-state index in [9.17, 15) is 19.2 Å². The molecule has 0 aromatic heterocycles. The number of urea groups is 1. The van der Waals surface area contributed by atoms with E-state index in [1.165, 1.54) is 4.90 Å². The average molecular weight is 560 g/mol. The number of carbonyl (C=O) groups is 4. The smallest absolute Gasteiger partial charge is 0.320 e. The van der Waals surface area contributed by atoms with Crippen LogP contribution in [-0.2, 0) is 16.0 Å². The van der Waals surface area contributed by atoms with E-state index in [0.717, 1.165) is 22.3 Å². The van der Waals surface area contributed by atoms with Gasteiger partial charge in [0.1, 0.15) is 6.04 Å².